The first kappa shape index (κ1) is 38.1. The van der Waals surface area contributed by atoms with Crippen LogP contribution in [0.25, 0.3) is 32.7 Å². The molecule has 6 aromatic rings. The molecular formula is C49H46Cl4Zr. The van der Waals surface area contributed by atoms with Crippen molar-refractivity contribution in [1.82, 2.24) is 0 Å². The van der Waals surface area contributed by atoms with Crippen molar-refractivity contribution in [2.45, 2.75) is 73.5 Å². The molecule has 0 amide bonds. The van der Waals surface area contributed by atoms with E-state index in [1.807, 2.05) is 24.3 Å². The quantitative estimate of drug-likeness (QED) is 0.166. The van der Waals surface area contributed by atoms with Crippen molar-refractivity contribution in [3.8, 4) is 11.1 Å². The predicted octanol–water partition coefficient (Wildman–Crippen LogP) is 15.8. The van der Waals surface area contributed by atoms with Crippen molar-refractivity contribution in [2.24, 2.45) is 0 Å². The van der Waals surface area contributed by atoms with Crippen molar-refractivity contribution >= 4 is 65.0 Å². The second kappa shape index (κ2) is 13.1. The fraction of sp³-hybridized carbons (Fsp3) is 0.245. The molecule has 0 heterocycles. The normalized spacial score (nSPS) is 15.1. The number of aryl methyl sites for hydroxylation is 2. The summed E-state index contributed by atoms with van der Waals surface area (Å²) in [6, 6.07) is 34.8. The summed E-state index contributed by atoms with van der Waals surface area (Å²) in [5, 5.41) is 5.40. The van der Waals surface area contributed by atoms with Crippen LogP contribution in [0.5, 0.6) is 0 Å². The Morgan fingerprint density at radius 3 is 1.33 bits per heavy atom. The van der Waals surface area contributed by atoms with Crippen LogP contribution >= 0.6 is 40.2 Å². The van der Waals surface area contributed by atoms with Crippen LogP contribution < -0.4 is 0 Å². The second-order valence-corrected chi connectivity index (χ2v) is 39.1. The first-order valence-corrected chi connectivity index (χ1v) is 30.0. The van der Waals surface area contributed by atoms with Crippen molar-refractivity contribution in [1.29, 1.82) is 0 Å². The van der Waals surface area contributed by atoms with Gasteiger partial charge in [0.1, 0.15) is 0 Å². The van der Waals surface area contributed by atoms with Crippen LogP contribution in [0, 0.1) is 13.8 Å². The maximum absolute atomic E-state index is 9.11. The second-order valence-electron chi connectivity index (χ2n) is 17.5. The molecule has 2 aliphatic rings. The predicted molar refractivity (Wildman–Crippen MR) is 235 cm³/mol. The molecule has 0 N–H and O–H groups in total. The molecule has 0 fully saturated rings. The molecule has 0 atom stereocenters. The Morgan fingerprint density at radius 2 is 0.926 bits per heavy atom. The van der Waals surface area contributed by atoms with Gasteiger partial charge in [-0.1, -0.05) is 0 Å². The van der Waals surface area contributed by atoms with Gasteiger partial charge in [-0.3, -0.25) is 0 Å². The van der Waals surface area contributed by atoms with Crippen molar-refractivity contribution in [3.05, 3.63) is 176 Å². The van der Waals surface area contributed by atoms with Crippen LogP contribution in [0.1, 0.15) is 89.7 Å². The van der Waals surface area contributed by atoms with Crippen molar-refractivity contribution < 1.29 is 15.9 Å². The number of allylic oxidation sites excluding steroid dienone is 4. The third-order valence-electron chi connectivity index (χ3n) is 12.0. The van der Waals surface area contributed by atoms with Gasteiger partial charge in [-0.25, -0.2) is 0 Å². The Labute approximate surface area is 338 Å². The molecule has 0 nitrogen and oxygen atoms in total. The van der Waals surface area contributed by atoms with Gasteiger partial charge in [-0.05, 0) is 0 Å². The zero-order valence-corrected chi connectivity index (χ0v) is 37.7. The Hall–Kier alpha value is -2.77. The number of hydrogen-bond acceptors (Lipinski definition) is 0. The first-order valence-electron chi connectivity index (χ1n) is 18.9. The van der Waals surface area contributed by atoms with E-state index >= 15 is 0 Å². The van der Waals surface area contributed by atoms with E-state index in [0.717, 1.165) is 35.9 Å². The van der Waals surface area contributed by atoms with E-state index in [9.17, 15) is 0 Å². The van der Waals surface area contributed by atoms with E-state index in [1.54, 1.807) is 0 Å². The Bertz CT molecular complexity index is 2520. The molecule has 6 aromatic carbocycles. The molecule has 0 radical (unpaired) electrons. The van der Waals surface area contributed by atoms with Gasteiger partial charge in [0, 0.05) is 0 Å². The zero-order chi connectivity index (χ0) is 38.6. The van der Waals surface area contributed by atoms with Crippen molar-refractivity contribution in [2.75, 3.05) is 0 Å². The molecule has 0 unspecified atom stereocenters. The number of rotatable bonds is 4. The fourth-order valence-electron chi connectivity index (χ4n) is 9.69. The average Bonchev–Trinajstić information content (AvgIpc) is 3.75. The van der Waals surface area contributed by atoms with Gasteiger partial charge in [0.2, 0.25) is 0 Å². The van der Waals surface area contributed by atoms with E-state index in [-0.39, 0.29) is 18.1 Å². The summed E-state index contributed by atoms with van der Waals surface area (Å²) in [6.45, 7) is 18.3. The summed E-state index contributed by atoms with van der Waals surface area (Å²) in [5.74, 6) is 0. The number of fused-ring (bicyclic) bond motifs is 5. The number of hydrogen-bond donors (Lipinski definition) is 0. The standard InChI is InChI=1S/C23H29.C21H12Cl2.C5H5.2ClH.Zr/c1-14-9-16-11-17-10-15(2)21(23(6,7)8)13-19(17)18(16)12-20(14)22(3,4)5;22-20-11-3-7-16-14(5-1-9-18(16)20)13-15-6-2-10-19-17(15)8-4-12-21(19)23;1-2-4-5-3-1;;;/h9-13H,1-8H3;1-12H;1-5H;2*1H;/q;;;;;+2/p-2. The number of halogens is 4. The van der Waals surface area contributed by atoms with Crippen LogP contribution in [0.2, 0.25) is 13.7 Å². The minimum absolute atomic E-state index is 0.0481. The number of benzene rings is 6. The Morgan fingerprint density at radius 1 is 0.537 bits per heavy atom. The van der Waals surface area contributed by atoms with Crippen LogP contribution in [0.3, 0.4) is 0 Å². The molecule has 54 heavy (non-hydrogen) atoms. The van der Waals surface area contributed by atoms with Crippen molar-refractivity contribution in [3.63, 3.8) is 0 Å². The Kier molecular flexibility index (Phi) is 9.28. The summed E-state index contributed by atoms with van der Waals surface area (Å²) in [6.07, 6.45) is 8.76. The van der Waals surface area contributed by atoms with Gasteiger partial charge in [-0.15, -0.1) is 0 Å². The van der Waals surface area contributed by atoms with Gasteiger partial charge in [-0.2, -0.15) is 0 Å². The monoisotopic (exact) mass is 864 g/mol. The average molecular weight is 868 g/mol. The summed E-state index contributed by atoms with van der Waals surface area (Å²) in [4.78, 5) is 0. The van der Waals surface area contributed by atoms with Gasteiger partial charge in [0.15, 0.2) is 0 Å². The first-order chi connectivity index (χ1) is 25.4. The van der Waals surface area contributed by atoms with Gasteiger partial charge in [0.25, 0.3) is 0 Å². The summed E-state index contributed by atoms with van der Waals surface area (Å²) in [5.41, 5.74) is 12.1. The maximum atomic E-state index is 9.11. The molecule has 2 aliphatic carbocycles. The summed E-state index contributed by atoms with van der Waals surface area (Å²) < 4.78 is 0.555. The molecule has 5 heteroatoms. The van der Waals surface area contributed by atoms with Gasteiger partial charge in [0.05, 0.1) is 0 Å². The van der Waals surface area contributed by atoms with Gasteiger partial charge >= 0.3 is 341 Å². The molecule has 0 spiro atoms. The van der Waals surface area contributed by atoms with Crippen LogP contribution in [-0.2, 0) is 26.7 Å². The van der Waals surface area contributed by atoms with Crippen LogP contribution in [0.15, 0.2) is 121 Å². The molecule has 8 rings (SSSR count). The minimum atomic E-state index is -5.79. The molecule has 0 aliphatic heterocycles. The summed E-state index contributed by atoms with van der Waals surface area (Å²) >= 11 is 8.16. The molecule has 274 valence electrons. The van der Waals surface area contributed by atoms with Crippen LogP contribution in [0.4, 0.5) is 0 Å². The molecule has 0 bridgehead atoms. The molecule has 0 saturated heterocycles. The third-order valence-corrected chi connectivity index (χ3v) is 32.2. The van der Waals surface area contributed by atoms with E-state index in [2.05, 4.69) is 152 Å². The van der Waals surface area contributed by atoms with Crippen LogP contribution in [-0.4, -0.2) is 3.21 Å². The van der Waals surface area contributed by atoms with E-state index in [1.165, 1.54) is 44.5 Å². The fourth-order valence-corrected chi connectivity index (χ4v) is 29.4. The zero-order valence-electron chi connectivity index (χ0n) is 32.2. The van der Waals surface area contributed by atoms with Gasteiger partial charge < -0.3 is 0 Å². The molecule has 0 aromatic heterocycles. The Balaban J connectivity index is 1.66. The van der Waals surface area contributed by atoms with E-state index < -0.39 is 15.9 Å². The topological polar surface area (TPSA) is 0 Å². The van der Waals surface area contributed by atoms with E-state index in [4.69, 9.17) is 40.2 Å². The molecular weight excluding hydrogens is 822 g/mol. The SMILES string of the molecule is Cc1cc2c(cc1C(C)(C)C)-c1cc(C(C)(C)C)c(C)cc1[CH]2[Zr]([Cl])([Cl])(=[C](c1cccc2c(Cl)cccc12)c1cccc2c(Cl)cccc12)[CH]1C=CC=C1. The summed E-state index contributed by atoms with van der Waals surface area (Å²) in [7, 11) is 18.2. The molecule has 0 saturated carbocycles. The van der Waals surface area contributed by atoms with E-state index in [0.29, 0.717) is 10.0 Å². The third kappa shape index (κ3) is 5.82.